The molecule has 0 saturated carbocycles. The number of rotatable bonds is 5. The summed E-state index contributed by atoms with van der Waals surface area (Å²) in [6.07, 6.45) is 2.72. The maximum Gasteiger partial charge on any atom is 0.275 e. The van der Waals surface area contributed by atoms with Crippen LogP contribution in [0.5, 0.6) is 5.75 Å². The molecule has 1 N–H and O–H groups in total. The van der Waals surface area contributed by atoms with E-state index in [1.807, 2.05) is 36.4 Å². The van der Waals surface area contributed by atoms with E-state index in [-0.39, 0.29) is 18.2 Å². The monoisotopic (exact) mass is 423 g/mol. The van der Waals surface area contributed by atoms with Crippen LogP contribution in [0.1, 0.15) is 44.6 Å². The maximum atomic E-state index is 12.6. The van der Waals surface area contributed by atoms with Crippen molar-refractivity contribution in [2.24, 2.45) is 0 Å². The van der Waals surface area contributed by atoms with Gasteiger partial charge < -0.3 is 14.3 Å². The first-order valence-electron chi connectivity index (χ1n) is 10.7. The molecular weight excluding hydrogens is 394 g/mol. The molecule has 31 heavy (non-hydrogen) atoms. The smallest absolute Gasteiger partial charge is 0.275 e. The van der Waals surface area contributed by atoms with Crippen molar-refractivity contribution < 1.29 is 18.9 Å². The maximum absolute atomic E-state index is 12.6. The summed E-state index contributed by atoms with van der Waals surface area (Å²) in [7, 11) is 0. The van der Waals surface area contributed by atoms with Crippen LogP contribution in [0.15, 0.2) is 53.1 Å². The summed E-state index contributed by atoms with van der Waals surface area (Å²) in [6.45, 7) is 6.59. The Hall–Kier alpha value is -3.35. The van der Waals surface area contributed by atoms with E-state index in [9.17, 15) is 9.59 Å². The molecule has 1 unspecified atom stereocenters. The lowest BCUT2D eigenvalue weighted by atomic mass is 10.1. The number of hydroxylamine groups is 1. The summed E-state index contributed by atoms with van der Waals surface area (Å²) in [6, 6.07) is 14.7. The largest absolute Gasteiger partial charge is 0.379 e. The van der Waals surface area contributed by atoms with E-state index in [2.05, 4.69) is 24.5 Å². The molecule has 7 nitrogen and oxygen atoms in total. The van der Waals surface area contributed by atoms with Gasteiger partial charge in [-0.3, -0.25) is 9.59 Å². The molecule has 1 aliphatic rings. The zero-order valence-electron chi connectivity index (χ0n) is 18.3. The molecule has 0 aliphatic carbocycles. The predicted octanol–water partition coefficient (Wildman–Crippen LogP) is 4.20. The van der Waals surface area contributed by atoms with Crippen LogP contribution >= 0.6 is 0 Å². The molecule has 2 amide bonds. The molecule has 1 aliphatic heterocycles. The van der Waals surface area contributed by atoms with Gasteiger partial charge in [0.05, 0.1) is 12.1 Å². The molecule has 1 saturated heterocycles. The van der Waals surface area contributed by atoms with E-state index in [0.29, 0.717) is 24.5 Å². The van der Waals surface area contributed by atoms with Crippen LogP contribution in [0.2, 0.25) is 0 Å². The molecule has 2 aromatic carbocycles. The van der Waals surface area contributed by atoms with Gasteiger partial charge in [-0.05, 0) is 42.7 Å². The summed E-state index contributed by atoms with van der Waals surface area (Å²) < 4.78 is 5.11. The lowest BCUT2D eigenvalue weighted by Crippen LogP contribution is -2.47. The Morgan fingerprint density at radius 2 is 1.90 bits per heavy atom. The Balaban J connectivity index is 0.000000858. The number of carbonyl (C=O) groups excluding carboxylic acids is 2. The normalized spacial score (nSPS) is 15.3. The Morgan fingerprint density at radius 3 is 2.61 bits per heavy atom. The summed E-state index contributed by atoms with van der Waals surface area (Å²) in [5, 5.41) is 5.91. The third-order valence-electron chi connectivity index (χ3n) is 4.87. The van der Waals surface area contributed by atoms with Gasteiger partial charge in [0.1, 0.15) is 11.8 Å². The summed E-state index contributed by atoms with van der Waals surface area (Å²) in [5.41, 5.74) is 3.21. The van der Waals surface area contributed by atoms with E-state index in [1.54, 1.807) is 24.0 Å². The van der Waals surface area contributed by atoms with Crippen molar-refractivity contribution in [1.82, 2.24) is 15.5 Å². The minimum Gasteiger partial charge on any atom is -0.379 e. The third-order valence-corrected chi connectivity index (χ3v) is 4.87. The number of amides is 2. The van der Waals surface area contributed by atoms with Gasteiger partial charge in [-0.1, -0.05) is 55.8 Å². The van der Waals surface area contributed by atoms with E-state index in [1.165, 1.54) is 6.42 Å². The van der Waals surface area contributed by atoms with Crippen molar-refractivity contribution >= 4 is 22.6 Å². The standard InChI is InChI=1S/C21H21N3O4.C3H8/c1-14-11-18(28-22-14)13-20(25)24-10-4-7-19(24)21(26)23-27-17-9-8-15-5-2-3-6-16(15)12-17;1-3-2/h2-3,5-6,8-9,11-12,19H,4,7,10,13H2,1H3,(H,23,26);3H2,1-2H3. The van der Waals surface area contributed by atoms with Crippen molar-refractivity contribution in [3.8, 4) is 5.75 Å². The van der Waals surface area contributed by atoms with Crippen LogP contribution in [0.3, 0.4) is 0 Å². The number of nitrogens with zero attached hydrogens (tertiary/aromatic N) is 2. The molecule has 3 aromatic rings. The first-order chi connectivity index (χ1) is 15.0. The van der Waals surface area contributed by atoms with Gasteiger partial charge in [-0.15, -0.1) is 0 Å². The van der Waals surface area contributed by atoms with E-state index in [4.69, 9.17) is 9.36 Å². The Kier molecular flexibility index (Phi) is 7.65. The fourth-order valence-corrected chi connectivity index (χ4v) is 3.50. The molecular formula is C24H29N3O4. The van der Waals surface area contributed by atoms with Crippen LogP contribution in [0.4, 0.5) is 0 Å². The molecule has 164 valence electrons. The van der Waals surface area contributed by atoms with Crippen molar-refractivity contribution in [1.29, 1.82) is 0 Å². The third kappa shape index (κ3) is 5.84. The van der Waals surface area contributed by atoms with Crippen LogP contribution in [0, 0.1) is 6.92 Å². The number of aryl methyl sites for hydroxylation is 1. The summed E-state index contributed by atoms with van der Waals surface area (Å²) in [5.74, 6) is 0.563. The number of aromatic nitrogens is 1. The Labute approximate surface area is 182 Å². The predicted molar refractivity (Wildman–Crippen MR) is 118 cm³/mol. The molecule has 0 bridgehead atoms. The van der Waals surface area contributed by atoms with Crippen molar-refractivity contribution in [3.63, 3.8) is 0 Å². The van der Waals surface area contributed by atoms with Gasteiger partial charge in [-0.2, -0.15) is 5.48 Å². The number of likely N-dealkylation sites (tertiary alicyclic amines) is 1. The first kappa shape index (κ1) is 22.3. The average molecular weight is 424 g/mol. The molecule has 1 atom stereocenters. The van der Waals surface area contributed by atoms with Crippen LogP contribution in [-0.4, -0.2) is 34.5 Å². The molecule has 2 heterocycles. The number of benzene rings is 2. The van der Waals surface area contributed by atoms with Crippen LogP contribution < -0.4 is 10.3 Å². The quantitative estimate of drug-likeness (QED) is 0.622. The Morgan fingerprint density at radius 1 is 1.16 bits per heavy atom. The zero-order chi connectivity index (χ0) is 22.2. The summed E-state index contributed by atoms with van der Waals surface area (Å²) >= 11 is 0. The highest BCUT2D eigenvalue weighted by atomic mass is 16.7. The number of hydrogen-bond acceptors (Lipinski definition) is 5. The number of hydrogen-bond donors (Lipinski definition) is 1. The van der Waals surface area contributed by atoms with Gasteiger partial charge in [0.25, 0.3) is 5.91 Å². The minimum atomic E-state index is -0.544. The first-order valence-corrected chi connectivity index (χ1v) is 10.7. The number of nitrogens with one attached hydrogen (secondary N) is 1. The fraction of sp³-hybridized carbons (Fsp3) is 0.375. The molecule has 4 rings (SSSR count). The molecule has 0 spiro atoms. The van der Waals surface area contributed by atoms with Gasteiger partial charge in [0.2, 0.25) is 5.91 Å². The second kappa shape index (κ2) is 10.6. The van der Waals surface area contributed by atoms with Gasteiger partial charge in [-0.25, -0.2) is 0 Å². The van der Waals surface area contributed by atoms with Gasteiger partial charge in [0.15, 0.2) is 5.75 Å². The second-order valence-electron chi connectivity index (χ2n) is 7.64. The highest BCUT2D eigenvalue weighted by Gasteiger charge is 2.34. The molecule has 0 radical (unpaired) electrons. The molecule has 1 aromatic heterocycles. The topological polar surface area (TPSA) is 84.7 Å². The molecule has 1 fully saturated rings. The average Bonchev–Trinajstić information content (AvgIpc) is 3.41. The SMILES string of the molecule is CCC.Cc1cc(CC(=O)N2CCCC2C(=O)NOc2ccc3ccccc3c2)on1. The highest BCUT2D eigenvalue weighted by molar-refractivity contribution is 5.88. The Bertz CT molecular complexity index is 1030. The lowest BCUT2D eigenvalue weighted by Gasteiger charge is -2.23. The fourth-order valence-electron chi connectivity index (χ4n) is 3.50. The van der Waals surface area contributed by atoms with Crippen molar-refractivity contribution in [2.45, 2.75) is 52.5 Å². The highest BCUT2D eigenvalue weighted by Crippen LogP contribution is 2.22. The summed E-state index contributed by atoms with van der Waals surface area (Å²) in [4.78, 5) is 32.2. The van der Waals surface area contributed by atoms with E-state index < -0.39 is 6.04 Å². The molecule has 7 heteroatoms. The second-order valence-corrected chi connectivity index (χ2v) is 7.64. The number of carbonyl (C=O) groups is 2. The van der Waals surface area contributed by atoms with E-state index in [0.717, 1.165) is 22.9 Å². The van der Waals surface area contributed by atoms with Crippen LogP contribution in [0.25, 0.3) is 10.8 Å². The lowest BCUT2D eigenvalue weighted by molar-refractivity contribution is -0.141. The van der Waals surface area contributed by atoms with Gasteiger partial charge in [0, 0.05) is 12.6 Å². The van der Waals surface area contributed by atoms with Crippen molar-refractivity contribution in [2.75, 3.05) is 6.54 Å². The zero-order valence-corrected chi connectivity index (χ0v) is 18.3. The van der Waals surface area contributed by atoms with E-state index >= 15 is 0 Å². The number of fused-ring (bicyclic) bond motifs is 1. The van der Waals surface area contributed by atoms with Crippen molar-refractivity contribution in [3.05, 3.63) is 60.0 Å². The minimum absolute atomic E-state index is 0.0934. The van der Waals surface area contributed by atoms with Crippen LogP contribution in [-0.2, 0) is 16.0 Å². The van der Waals surface area contributed by atoms with Gasteiger partial charge >= 0.3 is 0 Å².